The minimum atomic E-state index is -4.63. The van der Waals surface area contributed by atoms with Gasteiger partial charge in [0.25, 0.3) is 0 Å². The summed E-state index contributed by atoms with van der Waals surface area (Å²) in [5, 5.41) is 5.92. The standard InChI is InChI=1S/C24H22F6N6O/c1-2-12-6-18(17-4-3-5-19(33-17)24(28,29)30)34-22(35-20-15-10-37-11-16(15)20)36-21(12)32-14-7-13(8-31-9-14)23(25,26)27/h3-9,12,15-16,20H,2,10-11H2,1H3,(H2,32,34,35,36). The van der Waals surface area contributed by atoms with Crippen LogP contribution in [0.5, 0.6) is 0 Å². The van der Waals surface area contributed by atoms with E-state index in [9.17, 15) is 26.3 Å². The molecule has 7 nitrogen and oxygen atoms in total. The number of aromatic nitrogens is 2. The second-order valence-electron chi connectivity index (χ2n) is 9.02. The van der Waals surface area contributed by atoms with E-state index in [1.54, 1.807) is 6.08 Å². The minimum Gasteiger partial charge on any atom is -0.381 e. The van der Waals surface area contributed by atoms with Crippen molar-refractivity contribution in [1.29, 1.82) is 0 Å². The number of pyridine rings is 2. The summed E-state index contributed by atoms with van der Waals surface area (Å²) in [6, 6.07) is 4.42. The molecule has 2 aromatic heterocycles. The van der Waals surface area contributed by atoms with Crippen LogP contribution in [-0.2, 0) is 17.1 Å². The average Bonchev–Trinajstić information content (AvgIpc) is 3.30. The molecule has 3 atom stereocenters. The molecule has 2 fully saturated rings. The highest BCUT2D eigenvalue weighted by atomic mass is 19.4. The van der Waals surface area contributed by atoms with Crippen molar-refractivity contribution in [3.05, 3.63) is 59.7 Å². The number of alkyl halides is 6. The Hall–Kier alpha value is -3.48. The summed E-state index contributed by atoms with van der Waals surface area (Å²) in [5.74, 6) is 0.376. The molecule has 2 N–H and O–H groups in total. The van der Waals surface area contributed by atoms with Gasteiger partial charge in [0, 0.05) is 24.0 Å². The zero-order chi connectivity index (χ0) is 26.4. The Morgan fingerprint density at radius 1 is 1.08 bits per heavy atom. The number of amidine groups is 1. The predicted molar refractivity (Wildman–Crippen MR) is 123 cm³/mol. The first-order valence-electron chi connectivity index (χ1n) is 11.6. The van der Waals surface area contributed by atoms with E-state index in [2.05, 4.69) is 30.6 Å². The monoisotopic (exact) mass is 524 g/mol. The van der Waals surface area contributed by atoms with Crippen molar-refractivity contribution in [2.24, 2.45) is 27.7 Å². The molecule has 2 aliphatic heterocycles. The molecule has 2 aromatic rings. The van der Waals surface area contributed by atoms with Gasteiger partial charge in [-0.3, -0.25) is 4.98 Å². The van der Waals surface area contributed by atoms with Crippen molar-refractivity contribution in [1.82, 2.24) is 15.3 Å². The quantitative estimate of drug-likeness (QED) is 0.551. The number of guanidine groups is 1. The van der Waals surface area contributed by atoms with E-state index in [1.807, 2.05) is 6.92 Å². The summed E-state index contributed by atoms with van der Waals surface area (Å²) in [7, 11) is 0. The summed E-state index contributed by atoms with van der Waals surface area (Å²) >= 11 is 0. The SMILES string of the molecule is CCC1C=C(c2cccc(C(F)(F)F)n2)NC(=NC2C3COCC32)N=C1Nc1cncc(C(F)(F)F)c1. The number of nitrogens with one attached hydrogen (secondary N) is 2. The van der Waals surface area contributed by atoms with Crippen molar-refractivity contribution >= 4 is 23.2 Å². The van der Waals surface area contributed by atoms with E-state index in [-0.39, 0.29) is 46.8 Å². The molecular formula is C24H22F6N6O. The van der Waals surface area contributed by atoms with Crippen LogP contribution in [0, 0.1) is 17.8 Å². The molecule has 0 aromatic carbocycles. The van der Waals surface area contributed by atoms with Gasteiger partial charge in [0.05, 0.1) is 48.1 Å². The maximum atomic E-state index is 13.3. The lowest BCUT2D eigenvalue weighted by Crippen LogP contribution is -2.25. The highest BCUT2D eigenvalue weighted by molar-refractivity contribution is 6.08. The second-order valence-corrected chi connectivity index (χ2v) is 9.02. The summed E-state index contributed by atoms with van der Waals surface area (Å²) in [5.41, 5.74) is -1.61. The fourth-order valence-electron chi connectivity index (χ4n) is 4.41. The van der Waals surface area contributed by atoms with Crippen molar-refractivity contribution in [2.45, 2.75) is 31.7 Å². The zero-order valence-electron chi connectivity index (χ0n) is 19.4. The van der Waals surface area contributed by atoms with Gasteiger partial charge in [-0.25, -0.2) is 9.98 Å². The van der Waals surface area contributed by atoms with E-state index in [4.69, 9.17) is 4.74 Å². The van der Waals surface area contributed by atoms with Gasteiger partial charge in [-0.05, 0) is 30.7 Å². The molecule has 0 radical (unpaired) electrons. The Labute approximate surface area is 207 Å². The molecule has 3 aliphatic rings. The number of anilines is 1. The largest absolute Gasteiger partial charge is 0.433 e. The lowest BCUT2D eigenvalue weighted by molar-refractivity contribution is -0.141. The highest BCUT2D eigenvalue weighted by Gasteiger charge is 2.54. The zero-order valence-corrected chi connectivity index (χ0v) is 19.4. The van der Waals surface area contributed by atoms with Gasteiger partial charge in [-0.2, -0.15) is 31.3 Å². The van der Waals surface area contributed by atoms with Crippen molar-refractivity contribution in [2.75, 3.05) is 18.5 Å². The Bertz CT molecular complexity index is 1260. The van der Waals surface area contributed by atoms with Gasteiger partial charge in [0.1, 0.15) is 11.5 Å². The normalized spacial score (nSPS) is 26.6. The maximum absolute atomic E-state index is 13.3. The molecule has 0 bridgehead atoms. The lowest BCUT2D eigenvalue weighted by Gasteiger charge is -2.16. The number of hydrogen-bond donors (Lipinski definition) is 2. The fourth-order valence-corrected chi connectivity index (χ4v) is 4.41. The first-order chi connectivity index (χ1) is 17.5. The first kappa shape index (κ1) is 25.2. The third kappa shape index (κ3) is 5.45. The van der Waals surface area contributed by atoms with Crippen LogP contribution in [0.2, 0.25) is 0 Å². The van der Waals surface area contributed by atoms with Crippen LogP contribution >= 0.6 is 0 Å². The van der Waals surface area contributed by atoms with Gasteiger partial charge >= 0.3 is 12.4 Å². The van der Waals surface area contributed by atoms with Crippen molar-refractivity contribution in [3.8, 4) is 0 Å². The Kier molecular flexibility index (Phi) is 6.42. The van der Waals surface area contributed by atoms with Gasteiger partial charge in [-0.1, -0.05) is 13.0 Å². The van der Waals surface area contributed by atoms with Crippen LogP contribution in [0.25, 0.3) is 5.70 Å². The third-order valence-corrected chi connectivity index (χ3v) is 6.46. The number of hydrogen-bond acceptors (Lipinski definition) is 5. The van der Waals surface area contributed by atoms with Gasteiger partial charge in [-0.15, -0.1) is 0 Å². The molecule has 1 saturated carbocycles. The van der Waals surface area contributed by atoms with Crippen LogP contribution in [0.3, 0.4) is 0 Å². The number of halogens is 6. The van der Waals surface area contributed by atoms with Gasteiger partial charge in [0.2, 0.25) is 5.96 Å². The number of rotatable bonds is 4. The molecule has 4 heterocycles. The maximum Gasteiger partial charge on any atom is 0.433 e. The molecule has 1 aliphatic carbocycles. The van der Waals surface area contributed by atoms with Crippen LogP contribution in [0.4, 0.5) is 32.0 Å². The Balaban J connectivity index is 1.52. The smallest absolute Gasteiger partial charge is 0.381 e. The van der Waals surface area contributed by atoms with Crippen LogP contribution < -0.4 is 10.6 Å². The molecule has 1 saturated heterocycles. The van der Waals surface area contributed by atoms with Crippen LogP contribution in [0.1, 0.15) is 30.3 Å². The summed E-state index contributed by atoms with van der Waals surface area (Å²) in [4.78, 5) is 16.7. The number of ether oxygens (including phenoxy) is 1. The molecule has 0 spiro atoms. The number of fused-ring (bicyclic) bond motifs is 1. The number of nitrogens with zero attached hydrogens (tertiary/aromatic N) is 4. The molecule has 196 valence electrons. The molecule has 3 unspecified atom stereocenters. The summed E-state index contributed by atoms with van der Waals surface area (Å²) in [6.45, 7) is 2.95. The predicted octanol–water partition coefficient (Wildman–Crippen LogP) is 5.00. The topological polar surface area (TPSA) is 83.8 Å². The van der Waals surface area contributed by atoms with E-state index in [0.29, 0.717) is 19.6 Å². The van der Waals surface area contributed by atoms with Crippen LogP contribution in [0.15, 0.2) is 52.7 Å². The minimum absolute atomic E-state index is 0.0393. The lowest BCUT2D eigenvalue weighted by atomic mass is 10.0. The molecular weight excluding hydrogens is 502 g/mol. The summed E-state index contributed by atoms with van der Waals surface area (Å²) in [6.07, 6.45) is -5.17. The van der Waals surface area contributed by atoms with Crippen molar-refractivity contribution < 1.29 is 31.1 Å². The van der Waals surface area contributed by atoms with E-state index in [1.165, 1.54) is 18.3 Å². The van der Waals surface area contributed by atoms with E-state index < -0.39 is 29.5 Å². The molecule has 13 heteroatoms. The average molecular weight is 524 g/mol. The Morgan fingerprint density at radius 2 is 1.84 bits per heavy atom. The van der Waals surface area contributed by atoms with Crippen molar-refractivity contribution in [3.63, 3.8) is 0 Å². The van der Waals surface area contributed by atoms with Gasteiger partial charge < -0.3 is 15.4 Å². The second kappa shape index (κ2) is 9.43. The van der Waals surface area contributed by atoms with E-state index in [0.717, 1.165) is 18.3 Å². The number of aliphatic imine (C=N–C) groups is 2. The summed E-state index contributed by atoms with van der Waals surface area (Å²) < 4.78 is 84.9. The van der Waals surface area contributed by atoms with Crippen LogP contribution in [-0.4, -0.2) is 41.0 Å². The third-order valence-electron chi connectivity index (χ3n) is 6.46. The highest BCUT2D eigenvalue weighted by Crippen LogP contribution is 2.47. The first-order valence-corrected chi connectivity index (χ1v) is 11.6. The fraction of sp³-hybridized carbons (Fsp3) is 0.417. The molecule has 5 rings (SSSR count). The Morgan fingerprint density at radius 3 is 2.51 bits per heavy atom. The molecule has 37 heavy (non-hydrogen) atoms. The molecule has 0 amide bonds. The van der Waals surface area contributed by atoms with E-state index >= 15 is 0 Å². The van der Waals surface area contributed by atoms with Gasteiger partial charge in [0.15, 0.2) is 0 Å².